The van der Waals surface area contributed by atoms with Crippen LogP contribution < -0.4 is 10.2 Å². The van der Waals surface area contributed by atoms with Gasteiger partial charge in [0.25, 0.3) is 0 Å². The normalized spacial score (nSPS) is 14.8. The number of carbonyl (C=O) groups excluding carboxylic acids is 1. The van der Waals surface area contributed by atoms with Gasteiger partial charge in [0.05, 0.1) is 17.9 Å². The van der Waals surface area contributed by atoms with Crippen molar-refractivity contribution >= 4 is 17.3 Å². The van der Waals surface area contributed by atoms with Gasteiger partial charge in [-0.2, -0.15) is 0 Å². The zero-order chi connectivity index (χ0) is 10.8. The summed E-state index contributed by atoms with van der Waals surface area (Å²) in [5.74, 6) is 0.151. The zero-order valence-electron chi connectivity index (χ0n) is 9.21. The van der Waals surface area contributed by atoms with Crippen molar-refractivity contribution in [1.82, 2.24) is 0 Å². The molecule has 1 aliphatic rings. The van der Waals surface area contributed by atoms with Crippen molar-refractivity contribution in [3.8, 4) is 0 Å². The Labute approximate surface area is 90.1 Å². The van der Waals surface area contributed by atoms with E-state index in [1.807, 2.05) is 11.8 Å². The number of hydrogen-bond donors (Lipinski definition) is 1. The molecule has 1 N–H and O–H groups in total. The third-order valence-electron chi connectivity index (χ3n) is 2.81. The van der Waals surface area contributed by atoms with Crippen LogP contribution in [0.25, 0.3) is 0 Å². The van der Waals surface area contributed by atoms with Crippen molar-refractivity contribution in [3.05, 3.63) is 23.8 Å². The van der Waals surface area contributed by atoms with E-state index < -0.39 is 0 Å². The number of rotatable bonds is 2. The first-order chi connectivity index (χ1) is 7.26. The number of carbonyl (C=O) groups is 1. The summed E-state index contributed by atoms with van der Waals surface area (Å²) in [4.78, 5) is 13.5. The van der Waals surface area contributed by atoms with Gasteiger partial charge in [0.15, 0.2) is 0 Å². The average Bonchev–Trinajstić information content (AvgIpc) is 2.28. The lowest BCUT2D eigenvalue weighted by Gasteiger charge is -2.29. The minimum Gasteiger partial charge on any atom is -0.374 e. The van der Waals surface area contributed by atoms with E-state index in [9.17, 15) is 4.79 Å². The lowest BCUT2D eigenvalue weighted by Crippen LogP contribution is -2.39. The smallest absolute Gasteiger partial charge is 0.246 e. The highest BCUT2D eigenvalue weighted by Crippen LogP contribution is 2.30. The highest BCUT2D eigenvalue weighted by molar-refractivity contribution is 6.02. The highest BCUT2D eigenvalue weighted by Gasteiger charge is 2.22. The van der Waals surface area contributed by atoms with Gasteiger partial charge in [-0.3, -0.25) is 4.79 Å². The second-order valence-electron chi connectivity index (χ2n) is 3.70. The number of hydrogen-bond acceptors (Lipinski definition) is 2. The molecule has 1 heterocycles. The number of anilines is 2. The molecule has 0 radical (unpaired) electrons. The van der Waals surface area contributed by atoms with E-state index in [2.05, 4.69) is 30.4 Å². The summed E-state index contributed by atoms with van der Waals surface area (Å²) in [5.41, 5.74) is 3.35. The van der Waals surface area contributed by atoms with E-state index in [0.717, 1.165) is 24.3 Å². The molecule has 3 nitrogen and oxygen atoms in total. The molecule has 0 saturated carbocycles. The molecule has 1 aromatic carbocycles. The van der Waals surface area contributed by atoms with Gasteiger partial charge in [0, 0.05) is 6.54 Å². The van der Waals surface area contributed by atoms with E-state index >= 15 is 0 Å². The van der Waals surface area contributed by atoms with Gasteiger partial charge in [-0.05, 0) is 31.0 Å². The van der Waals surface area contributed by atoms with Crippen LogP contribution >= 0.6 is 0 Å². The number of nitrogens with zero attached hydrogens (tertiary/aromatic N) is 1. The molecule has 15 heavy (non-hydrogen) atoms. The van der Waals surface area contributed by atoms with Crippen molar-refractivity contribution in [1.29, 1.82) is 0 Å². The average molecular weight is 204 g/mol. The number of aryl methyl sites for hydroxylation is 1. The Morgan fingerprint density at radius 2 is 2.20 bits per heavy atom. The van der Waals surface area contributed by atoms with E-state index in [0.29, 0.717) is 6.54 Å². The Kier molecular flexibility index (Phi) is 2.62. The quantitative estimate of drug-likeness (QED) is 0.799. The fourth-order valence-corrected chi connectivity index (χ4v) is 1.92. The van der Waals surface area contributed by atoms with Gasteiger partial charge in [-0.1, -0.05) is 13.0 Å². The first kappa shape index (κ1) is 10.0. The van der Waals surface area contributed by atoms with E-state index in [1.54, 1.807) is 0 Å². The molecule has 0 saturated heterocycles. The second-order valence-corrected chi connectivity index (χ2v) is 3.70. The van der Waals surface area contributed by atoms with E-state index in [-0.39, 0.29) is 5.91 Å². The summed E-state index contributed by atoms with van der Waals surface area (Å²) in [5, 5.41) is 3.14. The van der Waals surface area contributed by atoms with Crippen molar-refractivity contribution in [2.24, 2.45) is 0 Å². The maximum absolute atomic E-state index is 11.7. The maximum atomic E-state index is 11.7. The molecule has 0 aliphatic carbocycles. The van der Waals surface area contributed by atoms with Crippen LogP contribution in [0.3, 0.4) is 0 Å². The first-order valence-corrected chi connectivity index (χ1v) is 5.43. The van der Waals surface area contributed by atoms with Crippen LogP contribution in [0.5, 0.6) is 0 Å². The van der Waals surface area contributed by atoms with Crippen LogP contribution in [-0.4, -0.2) is 19.0 Å². The summed E-state index contributed by atoms with van der Waals surface area (Å²) in [7, 11) is 0. The SMILES string of the molecule is CCc1ccc2c(c1)N(CC)C(=O)CN2. The van der Waals surface area contributed by atoms with Crippen molar-refractivity contribution < 1.29 is 4.79 Å². The molecule has 3 heteroatoms. The molecule has 0 spiro atoms. The van der Waals surface area contributed by atoms with E-state index in [1.165, 1.54) is 5.56 Å². The monoisotopic (exact) mass is 204 g/mol. The highest BCUT2D eigenvalue weighted by atomic mass is 16.2. The summed E-state index contributed by atoms with van der Waals surface area (Å²) < 4.78 is 0. The number of fused-ring (bicyclic) bond motifs is 1. The minimum atomic E-state index is 0.151. The molecule has 0 unspecified atom stereocenters. The molecule has 2 rings (SSSR count). The molecule has 0 bridgehead atoms. The molecule has 1 aliphatic heterocycles. The first-order valence-electron chi connectivity index (χ1n) is 5.43. The Morgan fingerprint density at radius 3 is 2.87 bits per heavy atom. The van der Waals surface area contributed by atoms with Crippen LogP contribution in [0.15, 0.2) is 18.2 Å². The van der Waals surface area contributed by atoms with Gasteiger partial charge in [0.1, 0.15) is 0 Å². The van der Waals surface area contributed by atoms with Crippen LogP contribution in [0.4, 0.5) is 11.4 Å². The summed E-state index contributed by atoms with van der Waals surface area (Å²) in [6.45, 7) is 5.27. The molecular weight excluding hydrogens is 188 g/mol. The predicted octanol–water partition coefficient (Wildman–Crippen LogP) is 2.03. The summed E-state index contributed by atoms with van der Waals surface area (Å²) >= 11 is 0. The minimum absolute atomic E-state index is 0.151. The van der Waals surface area contributed by atoms with Crippen molar-refractivity contribution in [2.75, 3.05) is 23.3 Å². The van der Waals surface area contributed by atoms with Gasteiger partial charge >= 0.3 is 0 Å². The van der Waals surface area contributed by atoms with Gasteiger partial charge in [-0.25, -0.2) is 0 Å². The lowest BCUT2D eigenvalue weighted by molar-refractivity contribution is -0.117. The summed E-state index contributed by atoms with van der Waals surface area (Å²) in [6.07, 6.45) is 0.999. The lowest BCUT2D eigenvalue weighted by atomic mass is 10.1. The molecular formula is C12H16N2O. The topological polar surface area (TPSA) is 32.3 Å². The van der Waals surface area contributed by atoms with Gasteiger partial charge < -0.3 is 10.2 Å². The Bertz CT molecular complexity index is 387. The second kappa shape index (κ2) is 3.93. The maximum Gasteiger partial charge on any atom is 0.246 e. The molecule has 0 fully saturated rings. The van der Waals surface area contributed by atoms with Gasteiger partial charge in [-0.15, -0.1) is 0 Å². The van der Waals surface area contributed by atoms with Crippen LogP contribution in [0, 0.1) is 0 Å². The summed E-state index contributed by atoms with van der Waals surface area (Å²) in [6, 6.07) is 6.27. The number of likely N-dealkylation sites (N-methyl/N-ethyl adjacent to an activating group) is 1. The molecule has 0 atom stereocenters. The third kappa shape index (κ3) is 1.69. The fraction of sp³-hybridized carbons (Fsp3) is 0.417. The fourth-order valence-electron chi connectivity index (χ4n) is 1.92. The molecule has 1 amide bonds. The Balaban J connectivity index is 2.45. The number of benzene rings is 1. The van der Waals surface area contributed by atoms with Crippen molar-refractivity contribution in [3.63, 3.8) is 0 Å². The Hall–Kier alpha value is -1.51. The van der Waals surface area contributed by atoms with E-state index in [4.69, 9.17) is 0 Å². The van der Waals surface area contributed by atoms with Gasteiger partial charge in [0.2, 0.25) is 5.91 Å². The predicted molar refractivity (Wildman–Crippen MR) is 62.3 cm³/mol. The molecule has 1 aromatic rings. The Morgan fingerprint density at radius 1 is 1.40 bits per heavy atom. The zero-order valence-corrected chi connectivity index (χ0v) is 9.21. The molecule has 80 valence electrons. The third-order valence-corrected chi connectivity index (χ3v) is 2.81. The van der Waals surface area contributed by atoms with Crippen molar-refractivity contribution in [2.45, 2.75) is 20.3 Å². The molecule has 0 aromatic heterocycles. The van der Waals surface area contributed by atoms with Crippen LogP contribution in [-0.2, 0) is 11.2 Å². The number of amides is 1. The number of nitrogens with one attached hydrogen (secondary N) is 1. The standard InChI is InChI=1S/C12H16N2O/c1-3-9-5-6-10-11(7-9)14(4-2)12(15)8-13-10/h5-7,13H,3-4,8H2,1-2H3. The van der Waals surface area contributed by atoms with Crippen LogP contribution in [0.2, 0.25) is 0 Å². The van der Waals surface area contributed by atoms with Crippen LogP contribution in [0.1, 0.15) is 19.4 Å². The largest absolute Gasteiger partial charge is 0.374 e.